The number of thiazole rings is 1. The van der Waals surface area contributed by atoms with Crippen LogP contribution < -0.4 is 0 Å². The molecule has 1 aliphatic heterocycles. The van der Waals surface area contributed by atoms with E-state index in [9.17, 15) is 4.79 Å². The average molecular weight is 457 g/mol. The first kappa shape index (κ1) is 23.1. The van der Waals surface area contributed by atoms with Crippen LogP contribution in [0.4, 0.5) is 4.79 Å². The number of ether oxygens (including phenoxy) is 1. The van der Waals surface area contributed by atoms with E-state index in [4.69, 9.17) is 19.7 Å². The zero-order valence-corrected chi connectivity index (χ0v) is 21.3. The fourth-order valence-electron chi connectivity index (χ4n) is 3.87. The SMILES string of the molecule is CC(C)(C)OC(=O)N1CCC(c2nc(-c3cc(C(C)(C)C)nc(C4(C)CC4)n3)cs2)CC1. The molecule has 1 saturated carbocycles. The van der Waals surface area contributed by atoms with Gasteiger partial charge in [0.25, 0.3) is 0 Å². The molecule has 7 heteroatoms. The van der Waals surface area contributed by atoms with Gasteiger partial charge in [0, 0.05) is 35.2 Å². The van der Waals surface area contributed by atoms with E-state index in [0.29, 0.717) is 19.0 Å². The van der Waals surface area contributed by atoms with Gasteiger partial charge in [-0.15, -0.1) is 11.3 Å². The van der Waals surface area contributed by atoms with Crippen LogP contribution in [0.2, 0.25) is 0 Å². The molecule has 174 valence electrons. The molecule has 2 aromatic heterocycles. The zero-order chi connectivity index (χ0) is 23.3. The Morgan fingerprint density at radius 1 is 1.06 bits per heavy atom. The van der Waals surface area contributed by atoms with E-state index < -0.39 is 5.60 Å². The summed E-state index contributed by atoms with van der Waals surface area (Å²) < 4.78 is 5.52. The molecule has 2 fully saturated rings. The first-order valence-corrected chi connectivity index (χ1v) is 12.6. The van der Waals surface area contributed by atoms with Gasteiger partial charge < -0.3 is 9.64 Å². The normalized spacial score (nSPS) is 19.2. The number of piperidine rings is 1. The molecule has 0 aromatic carbocycles. The highest BCUT2D eigenvalue weighted by atomic mass is 32.1. The van der Waals surface area contributed by atoms with Crippen LogP contribution >= 0.6 is 11.3 Å². The van der Waals surface area contributed by atoms with Gasteiger partial charge >= 0.3 is 6.09 Å². The van der Waals surface area contributed by atoms with E-state index in [2.05, 4.69) is 39.1 Å². The van der Waals surface area contributed by atoms with Crippen LogP contribution in [0.15, 0.2) is 11.4 Å². The average Bonchev–Trinajstić information content (AvgIpc) is 3.27. The van der Waals surface area contributed by atoms with E-state index in [-0.39, 0.29) is 16.9 Å². The van der Waals surface area contributed by atoms with Crippen molar-refractivity contribution in [1.82, 2.24) is 19.9 Å². The fourth-order valence-corrected chi connectivity index (χ4v) is 4.86. The maximum Gasteiger partial charge on any atom is 0.410 e. The van der Waals surface area contributed by atoms with Crippen molar-refractivity contribution >= 4 is 17.4 Å². The van der Waals surface area contributed by atoms with E-state index in [1.54, 1.807) is 11.3 Å². The van der Waals surface area contributed by atoms with Gasteiger partial charge in [0.05, 0.1) is 22.1 Å². The molecule has 0 radical (unpaired) electrons. The van der Waals surface area contributed by atoms with Crippen molar-refractivity contribution in [3.05, 3.63) is 28.0 Å². The Morgan fingerprint density at radius 3 is 2.28 bits per heavy atom. The van der Waals surface area contributed by atoms with Crippen LogP contribution in [-0.2, 0) is 15.6 Å². The molecule has 1 aliphatic carbocycles. The Balaban J connectivity index is 1.50. The Labute approximate surface area is 195 Å². The monoisotopic (exact) mass is 456 g/mol. The molecule has 2 aromatic rings. The van der Waals surface area contributed by atoms with Crippen molar-refractivity contribution in [3.8, 4) is 11.4 Å². The molecule has 0 bridgehead atoms. The number of carbonyl (C=O) groups excluding carboxylic acids is 1. The molecular formula is C25H36N4O2S. The summed E-state index contributed by atoms with van der Waals surface area (Å²) >= 11 is 1.71. The third-order valence-corrected chi connectivity index (χ3v) is 7.32. The number of aromatic nitrogens is 3. The van der Waals surface area contributed by atoms with Crippen molar-refractivity contribution in [2.24, 2.45) is 0 Å². The zero-order valence-electron chi connectivity index (χ0n) is 20.5. The van der Waals surface area contributed by atoms with Gasteiger partial charge in [-0.2, -0.15) is 0 Å². The van der Waals surface area contributed by atoms with Crippen molar-refractivity contribution in [2.75, 3.05) is 13.1 Å². The Hall–Kier alpha value is -2.02. The molecule has 0 spiro atoms. The molecule has 32 heavy (non-hydrogen) atoms. The maximum absolute atomic E-state index is 12.4. The van der Waals surface area contributed by atoms with Crippen LogP contribution in [-0.4, -0.2) is 44.6 Å². The Bertz CT molecular complexity index is 967. The second-order valence-corrected chi connectivity index (χ2v) is 12.5. The summed E-state index contributed by atoms with van der Waals surface area (Å²) in [6, 6.07) is 2.11. The first-order chi connectivity index (χ1) is 14.8. The van der Waals surface area contributed by atoms with Crippen molar-refractivity contribution in [1.29, 1.82) is 0 Å². The Kier molecular flexibility index (Phi) is 5.85. The molecule has 3 heterocycles. The van der Waals surface area contributed by atoms with E-state index in [1.807, 2.05) is 25.7 Å². The molecule has 0 N–H and O–H groups in total. The van der Waals surface area contributed by atoms with Crippen LogP contribution in [0.3, 0.4) is 0 Å². The smallest absolute Gasteiger partial charge is 0.410 e. The first-order valence-electron chi connectivity index (χ1n) is 11.7. The summed E-state index contributed by atoms with van der Waals surface area (Å²) in [6.45, 7) is 16.0. The van der Waals surface area contributed by atoms with Crippen molar-refractivity contribution in [2.45, 2.75) is 96.5 Å². The van der Waals surface area contributed by atoms with E-state index in [1.165, 1.54) is 0 Å². The maximum atomic E-state index is 12.4. The third-order valence-electron chi connectivity index (χ3n) is 6.31. The predicted octanol–water partition coefficient (Wildman–Crippen LogP) is 6.06. The number of nitrogens with zero attached hydrogens (tertiary/aromatic N) is 4. The van der Waals surface area contributed by atoms with Gasteiger partial charge in [-0.1, -0.05) is 27.7 Å². The van der Waals surface area contributed by atoms with E-state index in [0.717, 1.165) is 53.6 Å². The minimum atomic E-state index is -0.460. The quantitative estimate of drug-likeness (QED) is 0.561. The van der Waals surface area contributed by atoms with E-state index >= 15 is 0 Å². The second-order valence-electron chi connectivity index (χ2n) is 11.6. The highest BCUT2D eigenvalue weighted by Crippen LogP contribution is 2.47. The molecule has 6 nitrogen and oxygen atoms in total. The highest BCUT2D eigenvalue weighted by molar-refractivity contribution is 7.10. The summed E-state index contributed by atoms with van der Waals surface area (Å²) in [7, 11) is 0. The summed E-state index contributed by atoms with van der Waals surface area (Å²) in [5.41, 5.74) is 2.57. The topological polar surface area (TPSA) is 68.2 Å². The third kappa shape index (κ3) is 5.13. The number of carbonyl (C=O) groups is 1. The largest absolute Gasteiger partial charge is 0.444 e. The van der Waals surface area contributed by atoms with Crippen molar-refractivity contribution < 1.29 is 9.53 Å². The fraction of sp³-hybridized carbons (Fsp3) is 0.680. The molecule has 2 aliphatic rings. The van der Waals surface area contributed by atoms with Gasteiger partial charge in [0.2, 0.25) is 0 Å². The lowest BCUT2D eigenvalue weighted by molar-refractivity contribution is 0.0205. The van der Waals surface area contributed by atoms with Crippen LogP contribution in [0.25, 0.3) is 11.4 Å². The molecule has 1 saturated heterocycles. The van der Waals surface area contributed by atoms with Gasteiger partial charge in [-0.3, -0.25) is 0 Å². The number of rotatable bonds is 3. The molecule has 0 unspecified atom stereocenters. The van der Waals surface area contributed by atoms with Gasteiger partial charge in [0.1, 0.15) is 11.4 Å². The number of hydrogen-bond acceptors (Lipinski definition) is 6. The lowest BCUT2D eigenvalue weighted by Gasteiger charge is -2.32. The molecular weight excluding hydrogens is 420 g/mol. The number of likely N-dealkylation sites (tertiary alicyclic amines) is 1. The van der Waals surface area contributed by atoms with Crippen LogP contribution in [0.5, 0.6) is 0 Å². The Morgan fingerprint density at radius 2 is 1.72 bits per heavy atom. The predicted molar refractivity (Wildman–Crippen MR) is 128 cm³/mol. The standard InChI is InChI=1S/C25H36N4O2S/c1-23(2,3)19-14-17(27-21(28-19)25(7)10-11-25)18-15-32-20(26-18)16-8-12-29(13-9-16)22(30)31-24(4,5)6/h14-16H,8-13H2,1-7H3. The lowest BCUT2D eigenvalue weighted by Crippen LogP contribution is -2.41. The minimum absolute atomic E-state index is 0.0367. The summed E-state index contributed by atoms with van der Waals surface area (Å²) in [4.78, 5) is 29.0. The summed E-state index contributed by atoms with van der Waals surface area (Å²) in [6.07, 6.45) is 3.91. The second kappa shape index (κ2) is 8.08. The van der Waals surface area contributed by atoms with Gasteiger partial charge in [-0.05, 0) is 52.5 Å². The molecule has 0 atom stereocenters. The molecule has 1 amide bonds. The summed E-state index contributed by atoms with van der Waals surface area (Å²) in [5.74, 6) is 1.33. The highest BCUT2D eigenvalue weighted by Gasteiger charge is 2.43. The molecule has 4 rings (SSSR count). The summed E-state index contributed by atoms with van der Waals surface area (Å²) in [5, 5.41) is 3.27. The lowest BCUT2D eigenvalue weighted by atomic mass is 9.91. The van der Waals surface area contributed by atoms with Crippen molar-refractivity contribution in [3.63, 3.8) is 0 Å². The number of amides is 1. The number of hydrogen-bond donors (Lipinski definition) is 0. The van der Waals surface area contributed by atoms with Gasteiger partial charge in [0.15, 0.2) is 0 Å². The van der Waals surface area contributed by atoms with Gasteiger partial charge in [-0.25, -0.2) is 19.7 Å². The van der Waals surface area contributed by atoms with Crippen LogP contribution in [0.1, 0.15) is 96.6 Å². The minimum Gasteiger partial charge on any atom is -0.444 e. The van der Waals surface area contributed by atoms with Crippen LogP contribution in [0, 0.1) is 0 Å².